The minimum Gasteiger partial charge on any atom is -0.478 e. The molecule has 2 rings (SSSR count). The molecular weight excluding hydrogens is 337 g/mol. The van der Waals surface area contributed by atoms with Gasteiger partial charge in [0, 0.05) is 5.56 Å². The summed E-state index contributed by atoms with van der Waals surface area (Å²) in [4.78, 5) is 23.4. The number of carbonyl (C=O) groups is 2. The second-order valence-electron chi connectivity index (χ2n) is 5.35. The third-order valence-electron chi connectivity index (χ3n) is 3.37. The van der Waals surface area contributed by atoms with Gasteiger partial charge in [0.2, 0.25) is 0 Å². The zero-order valence-electron chi connectivity index (χ0n) is 12.6. The van der Waals surface area contributed by atoms with E-state index in [-0.39, 0.29) is 27.2 Å². The van der Waals surface area contributed by atoms with Crippen LogP contribution in [0, 0.1) is 0 Å². The molecule has 0 saturated heterocycles. The second kappa shape index (κ2) is 7.02. The first-order chi connectivity index (χ1) is 10.8. The molecule has 6 heteroatoms. The Labute approximate surface area is 144 Å². The number of anilines is 1. The summed E-state index contributed by atoms with van der Waals surface area (Å²) in [5.41, 5.74) is 1.66. The maximum atomic E-state index is 12.3. The standard InChI is InChI=1S/C17H15Cl2NO3/c1-9(2)10-3-5-11(6-4-10)16(21)20-15-7-12(17(22)23)13(18)8-14(15)19/h3-9H,1-2H3,(H,20,21)(H,22,23). The molecule has 0 unspecified atom stereocenters. The van der Waals surface area contributed by atoms with Crippen LogP contribution in [0.25, 0.3) is 0 Å². The number of rotatable bonds is 4. The summed E-state index contributed by atoms with van der Waals surface area (Å²) < 4.78 is 0. The molecule has 2 aromatic carbocycles. The van der Waals surface area contributed by atoms with Gasteiger partial charge in [-0.15, -0.1) is 0 Å². The van der Waals surface area contributed by atoms with Crippen LogP contribution in [0.15, 0.2) is 36.4 Å². The van der Waals surface area contributed by atoms with Gasteiger partial charge in [-0.25, -0.2) is 4.79 Å². The molecule has 23 heavy (non-hydrogen) atoms. The van der Waals surface area contributed by atoms with Crippen LogP contribution in [0.1, 0.15) is 46.0 Å². The van der Waals surface area contributed by atoms with Crippen LogP contribution < -0.4 is 5.32 Å². The molecule has 0 fully saturated rings. The van der Waals surface area contributed by atoms with Crippen LogP contribution in [-0.2, 0) is 0 Å². The van der Waals surface area contributed by atoms with Gasteiger partial charge in [-0.3, -0.25) is 4.79 Å². The predicted molar refractivity (Wildman–Crippen MR) is 91.9 cm³/mol. The quantitative estimate of drug-likeness (QED) is 0.808. The summed E-state index contributed by atoms with van der Waals surface area (Å²) in [7, 11) is 0. The minimum atomic E-state index is -1.19. The van der Waals surface area contributed by atoms with E-state index in [1.165, 1.54) is 12.1 Å². The third kappa shape index (κ3) is 4.03. The number of carbonyl (C=O) groups excluding carboxylic acids is 1. The third-order valence-corrected chi connectivity index (χ3v) is 4.00. The predicted octanol–water partition coefficient (Wildman–Crippen LogP) is 5.07. The topological polar surface area (TPSA) is 66.4 Å². The molecule has 2 N–H and O–H groups in total. The van der Waals surface area contributed by atoms with E-state index < -0.39 is 5.97 Å². The largest absolute Gasteiger partial charge is 0.478 e. The highest BCUT2D eigenvalue weighted by atomic mass is 35.5. The van der Waals surface area contributed by atoms with Crippen LogP contribution in [0.5, 0.6) is 0 Å². The summed E-state index contributed by atoms with van der Waals surface area (Å²) in [5, 5.41) is 11.9. The molecule has 0 aromatic heterocycles. The number of hydrogen-bond donors (Lipinski definition) is 2. The van der Waals surface area contributed by atoms with E-state index in [4.69, 9.17) is 28.3 Å². The van der Waals surface area contributed by atoms with Crippen LogP contribution in [0.4, 0.5) is 5.69 Å². The van der Waals surface area contributed by atoms with Gasteiger partial charge < -0.3 is 10.4 Å². The van der Waals surface area contributed by atoms with Crippen molar-refractivity contribution in [3.8, 4) is 0 Å². The van der Waals surface area contributed by atoms with Crippen LogP contribution in [0.3, 0.4) is 0 Å². The molecule has 0 heterocycles. The summed E-state index contributed by atoms with van der Waals surface area (Å²) in [6, 6.07) is 9.73. The van der Waals surface area contributed by atoms with Crippen molar-refractivity contribution in [1.29, 1.82) is 0 Å². The molecule has 0 bridgehead atoms. The average Bonchev–Trinajstić information content (AvgIpc) is 2.49. The highest BCUT2D eigenvalue weighted by molar-refractivity contribution is 6.38. The van der Waals surface area contributed by atoms with E-state index in [2.05, 4.69) is 19.2 Å². The molecule has 0 aliphatic carbocycles. The van der Waals surface area contributed by atoms with Crippen molar-refractivity contribution >= 4 is 40.8 Å². The van der Waals surface area contributed by atoms with Crippen LogP contribution in [-0.4, -0.2) is 17.0 Å². The number of carboxylic acids is 1. The highest BCUT2D eigenvalue weighted by Crippen LogP contribution is 2.29. The lowest BCUT2D eigenvalue weighted by Crippen LogP contribution is -2.13. The Bertz CT molecular complexity index is 755. The van der Waals surface area contributed by atoms with Gasteiger partial charge in [0.1, 0.15) is 0 Å². The Kier molecular flexibility index (Phi) is 5.29. The van der Waals surface area contributed by atoms with Crippen LogP contribution >= 0.6 is 23.2 Å². The minimum absolute atomic E-state index is 0.0155. The van der Waals surface area contributed by atoms with Gasteiger partial charge in [0.25, 0.3) is 5.91 Å². The number of amides is 1. The molecule has 0 radical (unpaired) electrons. The molecule has 2 aromatic rings. The Morgan fingerprint density at radius 2 is 1.65 bits per heavy atom. The lowest BCUT2D eigenvalue weighted by Gasteiger charge is -2.10. The first kappa shape index (κ1) is 17.3. The summed E-state index contributed by atoms with van der Waals surface area (Å²) in [6.45, 7) is 4.13. The zero-order valence-corrected chi connectivity index (χ0v) is 14.1. The van der Waals surface area contributed by atoms with Gasteiger partial charge in [0.05, 0.1) is 21.3 Å². The number of nitrogens with one attached hydrogen (secondary N) is 1. The molecule has 0 atom stereocenters. The summed E-state index contributed by atoms with van der Waals surface area (Å²) >= 11 is 11.8. The van der Waals surface area contributed by atoms with Crippen molar-refractivity contribution in [2.75, 3.05) is 5.32 Å². The molecular formula is C17H15Cl2NO3. The fraction of sp³-hybridized carbons (Fsp3) is 0.176. The number of carboxylic acid groups (broad SMARTS) is 1. The molecule has 1 amide bonds. The molecule has 4 nitrogen and oxygen atoms in total. The fourth-order valence-electron chi connectivity index (χ4n) is 2.02. The van der Waals surface area contributed by atoms with Crippen molar-refractivity contribution in [2.45, 2.75) is 19.8 Å². The Hall–Kier alpha value is -2.04. The van der Waals surface area contributed by atoms with Gasteiger partial charge >= 0.3 is 5.97 Å². The molecule has 0 aliphatic rings. The fourth-order valence-corrected chi connectivity index (χ4v) is 2.53. The van der Waals surface area contributed by atoms with E-state index in [1.807, 2.05) is 12.1 Å². The smallest absolute Gasteiger partial charge is 0.337 e. The summed E-state index contributed by atoms with van der Waals surface area (Å²) in [5.74, 6) is -1.19. The van der Waals surface area contributed by atoms with E-state index in [0.717, 1.165) is 5.56 Å². The van der Waals surface area contributed by atoms with Gasteiger partial charge in [-0.05, 0) is 35.7 Å². The number of benzene rings is 2. The van der Waals surface area contributed by atoms with Crippen molar-refractivity contribution in [3.05, 3.63) is 63.1 Å². The maximum absolute atomic E-state index is 12.3. The van der Waals surface area contributed by atoms with Crippen molar-refractivity contribution in [2.24, 2.45) is 0 Å². The van der Waals surface area contributed by atoms with Gasteiger partial charge in [0.15, 0.2) is 0 Å². The average molecular weight is 352 g/mol. The Balaban J connectivity index is 2.26. The molecule has 0 saturated carbocycles. The molecule has 0 aliphatic heterocycles. The normalized spacial score (nSPS) is 10.7. The zero-order chi connectivity index (χ0) is 17.1. The van der Waals surface area contributed by atoms with Crippen LogP contribution in [0.2, 0.25) is 10.0 Å². The second-order valence-corrected chi connectivity index (χ2v) is 6.16. The number of halogens is 2. The number of aromatic carboxylic acids is 1. The van der Waals surface area contributed by atoms with Gasteiger partial charge in [-0.1, -0.05) is 49.2 Å². The van der Waals surface area contributed by atoms with Crippen molar-refractivity contribution in [1.82, 2.24) is 0 Å². The highest BCUT2D eigenvalue weighted by Gasteiger charge is 2.15. The first-order valence-corrected chi connectivity index (χ1v) is 7.69. The lowest BCUT2D eigenvalue weighted by atomic mass is 10.0. The van der Waals surface area contributed by atoms with E-state index in [0.29, 0.717) is 11.5 Å². The van der Waals surface area contributed by atoms with E-state index >= 15 is 0 Å². The SMILES string of the molecule is CC(C)c1ccc(C(=O)Nc2cc(C(=O)O)c(Cl)cc2Cl)cc1. The lowest BCUT2D eigenvalue weighted by molar-refractivity contribution is 0.0696. The first-order valence-electron chi connectivity index (χ1n) is 6.93. The molecule has 120 valence electrons. The van der Waals surface area contributed by atoms with Gasteiger partial charge in [-0.2, -0.15) is 0 Å². The Morgan fingerprint density at radius 1 is 1.04 bits per heavy atom. The maximum Gasteiger partial charge on any atom is 0.337 e. The number of hydrogen-bond acceptors (Lipinski definition) is 2. The summed E-state index contributed by atoms with van der Waals surface area (Å²) in [6.07, 6.45) is 0. The van der Waals surface area contributed by atoms with E-state index in [1.54, 1.807) is 12.1 Å². The van der Waals surface area contributed by atoms with Crippen molar-refractivity contribution in [3.63, 3.8) is 0 Å². The molecule has 0 spiro atoms. The monoisotopic (exact) mass is 351 g/mol. The Morgan fingerprint density at radius 3 is 2.17 bits per heavy atom. The van der Waals surface area contributed by atoms with Crippen molar-refractivity contribution < 1.29 is 14.7 Å². The van der Waals surface area contributed by atoms with E-state index in [9.17, 15) is 9.59 Å².